The summed E-state index contributed by atoms with van der Waals surface area (Å²) in [5.41, 5.74) is 0. The van der Waals surface area contributed by atoms with Crippen LogP contribution >= 0.6 is 24.0 Å². The summed E-state index contributed by atoms with van der Waals surface area (Å²) < 4.78 is 2.09. The van der Waals surface area contributed by atoms with Crippen molar-refractivity contribution in [1.29, 1.82) is 0 Å². The molecule has 2 N–H and O–H groups in total. The molecule has 2 aliphatic rings. The maximum Gasteiger partial charge on any atom is 0.222 e. The Morgan fingerprint density at radius 2 is 1.97 bits per heavy atom. The Morgan fingerprint density at radius 3 is 2.70 bits per heavy atom. The number of hydrogen-bond acceptors (Lipinski definition) is 4. The first-order valence-corrected chi connectivity index (χ1v) is 11.4. The van der Waals surface area contributed by atoms with Crippen LogP contribution in [0.4, 0.5) is 0 Å². The van der Waals surface area contributed by atoms with Gasteiger partial charge in [-0.1, -0.05) is 26.2 Å². The minimum absolute atomic E-state index is 0. The molecule has 1 aromatic heterocycles. The maximum absolute atomic E-state index is 11.7. The molecule has 9 heteroatoms. The second kappa shape index (κ2) is 13.8. The van der Waals surface area contributed by atoms with Crippen LogP contribution in [0.3, 0.4) is 0 Å². The van der Waals surface area contributed by atoms with Gasteiger partial charge in [0.05, 0.1) is 0 Å². The average Bonchev–Trinajstić information content (AvgIpc) is 3.38. The summed E-state index contributed by atoms with van der Waals surface area (Å²) in [4.78, 5) is 18.6. The fourth-order valence-electron chi connectivity index (χ4n) is 4.22. The first-order chi connectivity index (χ1) is 14.3. The van der Waals surface area contributed by atoms with E-state index in [1.807, 2.05) is 4.90 Å². The minimum atomic E-state index is 0. The summed E-state index contributed by atoms with van der Waals surface area (Å²) in [6, 6.07) is 0. The number of rotatable bonds is 10. The molecule has 0 atom stereocenters. The molecule has 8 nitrogen and oxygen atoms in total. The summed E-state index contributed by atoms with van der Waals surface area (Å²) in [6.07, 6.45) is 12.0. The van der Waals surface area contributed by atoms with Gasteiger partial charge in [0.15, 0.2) is 5.96 Å². The molecule has 3 rings (SSSR count). The number of aryl methyl sites for hydroxylation is 1. The molecule has 170 valence electrons. The third kappa shape index (κ3) is 8.03. The van der Waals surface area contributed by atoms with Crippen LogP contribution in [0.5, 0.6) is 0 Å². The van der Waals surface area contributed by atoms with Crippen LogP contribution in [0.2, 0.25) is 0 Å². The molecule has 0 bridgehead atoms. The van der Waals surface area contributed by atoms with Crippen LogP contribution in [0.1, 0.15) is 64.1 Å². The topological polar surface area (TPSA) is 87.4 Å². The Kier molecular flexibility index (Phi) is 11.5. The molecule has 2 heterocycles. The van der Waals surface area contributed by atoms with E-state index in [4.69, 9.17) is 4.99 Å². The Bertz CT molecular complexity index is 658. The van der Waals surface area contributed by atoms with Crippen LogP contribution in [-0.2, 0) is 17.8 Å². The van der Waals surface area contributed by atoms with Crippen molar-refractivity contribution in [3.8, 4) is 0 Å². The number of carbonyl (C=O) groups is 1. The molecule has 1 aromatic rings. The summed E-state index contributed by atoms with van der Waals surface area (Å²) >= 11 is 0. The van der Waals surface area contributed by atoms with Crippen molar-refractivity contribution in [3.63, 3.8) is 0 Å². The van der Waals surface area contributed by atoms with Gasteiger partial charge in [0.2, 0.25) is 5.91 Å². The van der Waals surface area contributed by atoms with Crippen molar-refractivity contribution >= 4 is 35.8 Å². The van der Waals surface area contributed by atoms with E-state index >= 15 is 0 Å². The van der Waals surface area contributed by atoms with E-state index in [1.54, 1.807) is 6.33 Å². The second-order valence-electron chi connectivity index (χ2n) is 8.18. The lowest BCUT2D eigenvalue weighted by atomic mass is 9.89. The van der Waals surface area contributed by atoms with Gasteiger partial charge >= 0.3 is 0 Å². The van der Waals surface area contributed by atoms with Gasteiger partial charge in [-0.3, -0.25) is 9.79 Å². The Labute approximate surface area is 197 Å². The van der Waals surface area contributed by atoms with Crippen LogP contribution in [-0.4, -0.2) is 64.3 Å². The molecule has 0 spiro atoms. The number of nitrogens with zero attached hydrogens (tertiary/aromatic N) is 5. The van der Waals surface area contributed by atoms with Gasteiger partial charge in [-0.05, 0) is 31.6 Å². The SMILES string of the molecule is CCc1nncn1CCNC(=NCC1CCCCC1)NCCCN1CCCC1=O.I. The van der Waals surface area contributed by atoms with Gasteiger partial charge < -0.3 is 20.1 Å². The zero-order valence-electron chi connectivity index (χ0n) is 18.3. The Hall–Kier alpha value is -1.39. The minimum Gasteiger partial charge on any atom is -0.356 e. The summed E-state index contributed by atoms with van der Waals surface area (Å²) in [5.74, 6) is 2.91. The summed E-state index contributed by atoms with van der Waals surface area (Å²) in [5, 5.41) is 15.1. The molecule has 1 aliphatic heterocycles. The Morgan fingerprint density at radius 1 is 1.17 bits per heavy atom. The van der Waals surface area contributed by atoms with E-state index in [9.17, 15) is 4.79 Å². The number of halogens is 1. The molecule has 1 saturated heterocycles. The predicted octanol–water partition coefficient (Wildman–Crippen LogP) is 2.59. The number of aliphatic imine (C=N–C) groups is 1. The molecule has 0 aromatic carbocycles. The van der Waals surface area contributed by atoms with E-state index in [-0.39, 0.29) is 24.0 Å². The van der Waals surface area contributed by atoms with Crippen molar-refractivity contribution in [2.75, 3.05) is 32.7 Å². The largest absolute Gasteiger partial charge is 0.356 e. The third-order valence-electron chi connectivity index (χ3n) is 5.96. The highest BCUT2D eigenvalue weighted by Gasteiger charge is 2.19. The molecule has 1 saturated carbocycles. The summed E-state index contributed by atoms with van der Waals surface area (Å²) in [7, 11) is 0. The van der Waals surface area contributed by atoms with Gasteiger partial charge in [0.1, 0.15) is 12.2 Å². The fraction of sp³-hybridized carbons (Fsp3) is 0.810. The highest BCUT2D eigenvalue weighted by Crippen LogP contribution is 2.23. The predicted molar refractivity (Wildman–Crippen MR) is 130 cm³/mol. The van der Waals surface area contributed by atoms with Gasteiger partial charge in [0.25, 0.3) is 0 Å². The Balaban J connectivity index is 0.00000320. The molecule has 30 heavy (non-hydrogen) atoms. The van der Waals surface area contributed by atoms with Crippen molar-refractivity contribution in [2.24, 2.45) is 10.9 Å². The zero-order chi connectivity index (χ0) is 20.3. The van der Waals surface area contributed by atoms with Crippen molar-refractivity contribution < 1.29 is 4.79 Å². The quantitative estimate of drug-likeness (QED) is 0.210. The monoisotopic (exact) mass is 531 g/mol. The summed E-state index contributed by atoms with van der Waals surface area (Å²) in [6.45, 7) is 7.17. The number of aromatic nitrogens is 3. The van der Waals surface area contributed by atoms with E-state index in [1.165, 1.54) is 32.1 Å². The normalized spacial score (nSPS) is 17.8. The molecular formula is C21H38IN7O. The number of likely N-dealkylation sites (tertiary alicyclic amines) is 1. The van der Waals surface area contributed by atoms with Crippen LogP contribution in [0.15, 0.2) is 11.3 Å². The molecule has 1 aliphatic carbocycles. The lowest BCUT2D eigenvalue weighted by molar-refractivity contribution is -0.127. The van der Waals surface area contributed by atoms with E-state index in [0.717, 1.165) is 70.3 Å². The smallest absolute Gasteiger partial charge is 0.222 e. The highest BCUT2D eigenvalue weighted by molar-refractivity contribution is 14.0. The van der Waals surface area contributed by atoms with Gasteiger partial charge in [0, 0.05) is 52.1 Å². The van der Waals surface area contributed by atoms with Crippen molar-refractivity contribution in [3.05, 3.63) is 12.2 Å². The third-order valence-corrected chi connectivity index (χ3v) is 5.96. The van der Waals surface area contributed by atoms with Crippen molar-refractivity contribution in [1.82, 2.24) is 30.3 Å². The average molecular weight is 531 g/mol. The number of hydrogen-bond donors (Lipinski definition) is 2. The highest BCUT2D eigenvalue weighted by atomic mass is 127. The van der Waals surface area contributed by atoms with Crippen molar-refractivity contribution in [2.45, 2.75) is 71.3 Å². The first kappa shape index (κ1) is 24.9. The fourth-order valence-corrected chi connectivity index (χ4v) is 4.22. The maximum atomic E-state index is 11.7. The molecule has 0 unspecified atom stereocenters. The van der Waals surface area contributed by atoms with Crippen LogP contribution in [0, 0.1) is 5.92 Å². The lowest BCUT2D eigenvalue weighted by Crippen LogP contribution is -2.40. The van der Waals surface area contributed by atoms with E-state index < -0.39 is 0 Å². The van der Waals surface area contributed by atoms with E-state index in [2.05, 4.69) is 32.3 Å². The van der Waals surface area contributed by atoms with E-state index in [0.29, 0.717) is 18.2 Å². The first-order valence-electron chi connectivity index (χ1n) is 11.4. The second-order valence-corrected chi connectivity index (χ2v) is 8.18. The zero-order valence-corrected chi connectivity index (χ0v) is 20.6. The van der Waals surface area contributed by atoms with Gasteiger partial charge in [-0.2, -0.15) is 0 Å². The standard InChI is InChI=1S/C21H37N7O.HI/c1-2-19-26-25-17-28(19)15-12-23-21(24-16-18-8-4-3-5-9-18)22-11-7-14-27-13-6-10-20(27)29;/h17-18H,2-16H2,1H3,(H2,22,23,24);1H. The molecule has 1 amide bonds. The number of guanidine groups is 1. The van der Waals surface area contributed by atoms with Gasteiger partial charge in [-0.15, -0.1) is 34.2 Å². The lowest BCUT2D eigenvalue weighted by Gasteiger charge is -2.21. The number of nitrogens with one attached hydrogen (secondary N) is 2. The van der Waals surface area contributed by atoms with Crippen LogP contribution < -0.4 is 10.6 Å². The molecular weight excluding hydrogens is 493 g/mol. The van der Waals surface area contributed by atoms with Crippen LogP contribution in [0.25, 0.3) is 0 Å². The number of carbonyl (C=O) groups excluding carboxylic acids is 1. The molecule has 2 fully saturated rings. The number of amides is 1. The van der Waals surface area contributed by atoms with Gasteiger partial charge in [-0.25, -0.2) is 0 Å². The molecule has 0 radical (unpaired) electrons.